The molecule has 0 spiro atoms. The highest BCUT2D eigenvalue weighted by Crippen LogP contribution is 2.15. The summed E-state index contributed by atoms with van der Waals surface area (Å²) < 4.78 is 38.8. The molecular formula is C12H16ClF3N2. The van der Waals surface area contributed by atoms with Crippen molar-refractivity contribution in [3.05, 3.63) is 35.1 Å². The summed E-state index contributed by atoms with van der Waals surface area (Å²) in [5, 5.41) is 3.28. The molecule has 1 N–H and O–H groups in total. The first-order valence-electron chi connectivity index (χ1n) is 5.65. The van der Waals surface area contributed by atoms with Gasteiger partial charge < -0.3 is 5.32 Å². The molecule has 6 heteroatoms. The standard InChI is InChI=1S/C12H15F3N2.ClH/c1-8-6-17(3-2-16-8)7-9-4-10(13)12(15)11(14)5-9;/h4-5,8,16H,2-3,6-7H2,1H3;1H/t8-;/m0./s1. The fourth-order valence-electron chi connectivity index (χ4n) is 2.11. The predicted molar refractivity (Wildman–Crippen MR) is 66.3 cm³/mol. The molecule has 0 bridgehead atoms. The summed E-state index contributed by atoms with van der Waals surface area (Å²) in [5.41, 5.74) is 0.468. The van der Waals surface area contributed by atoms with Crippen molar-refractivity contribution in [2.45, 2.75) is 19.5 Å². The Morgan fingerprint density at radius 1 is 1.28 bits per heavy atom. The van der Waals surface area contributed by atoms with E-state index in [4.69, 9.17) is 0 Å². The summed E-state index contributed by atoms with van der Waals surface area (Å²) in [4.78, 5) is 2.09. The van der Waals surface area contributed by atoms with Gasteiger partial charge in [0, 0.05) is 32.2 Å². The fraction of sp³-hybridized carbons (Fsp3) is 0.500. The third-order valence-electron chi connectivity index (χ3n) is 2.90. The maximum atomic E-state index is 13.0. The van der Waals surface area contributed by atoms with Crippen molar-refractivity contribution in [3.63, 3.8) is 0 Å². The van der Waals surface area contributed by atoms with E-state index in [0.717, 1.165) is 31.8 Å². The predicted octanol–water partition coefficient (Wildman–Crippen LogP) is 2.32. The molecule has 18 heavy (non-hydrogen) atoms. The van der Waals surface area contributed by atoms with Crippen LogP contribution in [-0.2, 0) is 6.54 Å². The van der Waals surface area contributed by atoms with Gasteiger partial charge in [-0.05, 0) is 24.6 Å². The largest absolute Gasteiger partial charge is 0.312 e. The number of hydrogen-bond donors (Lipinski definition) is 1. The summed E-state index contributed by atoms with van der Waals surface area (Å²) in [5.74, 6) is -3.64. The molecule has 0 aromatic heterocycles. The lowest BCUT2D eigenvalue weighted by atomic mass is 10.1. The van der Waals surface area contributed by atoms with Crippen molar-refractivity contribution in [1.29, 1.82) is 0 Å². The highest BCUT2D eigenvalue weighted by atomic mass is 35.5. The van der Waals surface area contributed by atoms with Crippen LogP contribution in [0.2, 0.25) is 0 Å². The van der Waals surface area contributed by atoms with Gasteiger partial charge in [-0.25, -0.2) is 13.2 Å². The third kappa shape index (κ3) is 3.60. The van der Waals surface area contributed by atoms with Gasteiger partial charge >= 0.3 is 0 Å². The van der Waals surface area contributed by atoms with Gasteiger partial charge in [-0.3, -0.25) is 4.90 Å². The molecule has 2 rings (SSSR count). The zero-order chi connectivity index (χ0) is 12.4. The van der Waals surface area contributed by atoms with E-state index in [1.807, 2.05) is 0 Å². The Morgan fingerprint density at radius 2 is 1.89 bits per heavy atom. The Morgan fingerprint density at radius 3 is 2.44 bits per heavy atom. The molecule has 2 nitrogen and oxygen atoms in total. The fourth-order valence-corrected chi connectivity index (χ4v) is 2.11. The normalized spacial score (nSPS) is 20.6. The number of rotatable bonds is 2. The minimum absolute atomic E-state index is 0. The first-order valence-corrected chi connectivity index (χ1v) is 5.65. The van der Waals surface area contributed by atoms with E-state index in [1.54, 1.807) is 0 Å². The van der Waals surface area contributed by atoms with Crippen LogP contribution in [0.3, 0.4) is 0 Å². The van der Waals surface area contributed by atoms with Gasteiger partial charge in [0.15, 0.2) is 17.5 Å². The Kier molecular flexibility index (Phi) is 5.44. The van der Waals surface area contributed by atoms with Crippen LogP contribution in [0.25, 0.3) is 0 Å². The third-order valence-corrected chi connectivity index (χ3v) is 2.90. The number of hydrogen-bond acceptors (Lipinski definition) is 2. The smallest absolute Gasteiger partial charge is 0.194 e. The number of nitrogens with zero attached hydrogens (tertiary/aromatic N) is 1. The molecule has 1 saturated heterocycles. The van der Waals surface area contributed by atoms with Gasteiger partial charge in [-0.2, -0.15) is 0 Å². The quantitative estimate of drug-likeness (QED) is 0.837. The maximum Gasteiger partial charge on any atom is 0.194 e. The Bertz CT molecular complexity index is 391. The molecule has 0 amide bonds. The molecule has 0 saturated carbocycles. The number of halogens is 4. The minimum atomic E-state index is -1.40. The molecule has 1 aromatic carbocycles. The van der Waals surface area contributed by atoms with Crippen LogP contribution in [0.4, 0.5) is 13.2 Å². The highest BCUT2D eigenvalue weighted by molar-refractivity contribution is 5.85. The SMILES string of the molecule is C[C@H]1CN(Cc2cc(F)c(F)c(F)c2)CCN1.Cl. The van der Waals surface area contributed by atoms with Crippen LogP contribution >= 0.6 is 12.4 Å². The van der Waals surface area contributed by atoms with Crippen LogP contribution in [0, 0.1) is 17.5 Å². The topological polar surface area (TPSA) is 15.3 Å². The number of nitrogens with one attached hydrogen (secondary N) is 1. The van der Waals surface area contributed by atoms with E-state index >= 15 is 0 Å². The number of benzene rings is 1. The van der Waals surface area contributed by atoms with Gasteiger partial charge in [-0.1, -0.05) is 0 Å². The lowest BCUT2D eigenvalue weighted by molar-refractivity contribution is 0.199. The van der Waals surface area contributed by atoms with Gasteiger partial charge in [0.2, 0.25) is 0 Å². The van der Waals surface area contributed by atoms with Gasteiger partial charge in [-0.15, -0.1) is 12.4 Å². The van der Waals surface area contributed by atoms with Crippen molar-refractivity contribution >= 4 is 12.4 Å². The average Bonchev–Trinajstić information content (AvgIpc) is 2.26. The second-order valence-electron chi connectivity index (χ2n) is 4.46. The summed E-state index contributed by atoms with van der Waals surface area (Å²) in [6.45, 7) is 5.00. The molecule has 0 unspecified atom stereocenters. The molecule has 102 valence electrons. The molecule has 1 aliphatic rings. The molecule has 1 heterocycles. The van der Waals surface area contributed by atoms with Gasteiger partial charge in [0.1, 0.15) is 0 Å². The van der Waals surface area contributed by atoms with E-state index in [1.165, 1.54) is 0 Å². The van der Waals surface area contributed by atoms with Crippen molar-refractivity contribution < 1.29 is 13.2 Å². The molecule has 1 aromatic rings. The molecular weight excluding hydrogens is 265 g/mol. The second-order valence-corrected chi connectivity index (χ2v) is 4.46. The Labute approximate surface area is 111 Å². The lowest BCUT2D eigenvalue weighted by Gasteiger charge is -2.31. The summed E-state index contributed by atoms with van der Waals surface area (Å²) >= 11 is 0. The van der Waals surface area contributed by atoms with Crippen molar-refractivity contribution in [1.82, 2.24) is 10.2 Å². The van der Waals surface area contributed by atoms with Crippen molar-refractivity contribution in [3.8, 4) is 0 Å². The Hall–Kier alpha value is -0.780. The summed E-state index contributed by atoms with van der Waals surface area (Å²) in [6, 6.07) is 2.48. The average molecular weight is 281 g/mol. The summed E-state index contributed by atoms with van der Waals surface area (Å²) in [6.07, 6.45) is 0. The van der Waals surface area contributed by atoms with E-state index in [2.05, 4.69) is 17.1 Å². The molecule has 1 aliphatic heterocycles. The van der Waals surface area contributed by atoms with Gasteiger partial charge in [0.05, 0.1) is 0 Å². The lowest BCUT2D eigenvalue weighted by Crippen LogP contribution is -2.48. The van der Waals surface area contributed by atoms with E-state index in [9.17, 15) is 13.2 Å². The van der Waals surface area contributed by atoms with Crippen LogP contribution in [0.5, 0.6) is 0 Å². The molecule has 0 radical (unpaired) electrons. The zero-order valence-corrected chi connectivity index (χ0v) is 10.9. The van der Waals surface area contributed by atoms with Crippen LogP contribution in [-0.4, -0.2) is 30.6 Å². The van der Waals surface area contributed by atoms with E-state index in [-0.39, 0.29) is 12.4 Å². The monoisotopic (exact) mass is 280 g/mol. The van der Waals surface area contributed by atoms with Crippen molar-refractivity contribution in [2.75, 3.05) is 19.6 Å². The zero-order valence-electron chi connectivity index (χ0n) is 10.0. The van der Waals surface area contributed by atoms with E-state index in [0.29, 0.717) is 18.2 Å². The van der Waals surface area contributed by atoms with Crippen LogP contribution in [0.15, 0.2) is 12.1 Å². The number of piperazine rings is 1. The second kappa shape index (κ2) is 6.41. The Balaban J connectivity index is 0.00000162. The maximum absolute atomic E-state index is 13.0. The highest BCUT2D eigenvalue weighted by Gasteiger charge is 2.17. The molecule has 1 fully saturated rings. The first-order chi connectivity index (χ1) is 8.06. The molecule has 1 atom stereocenters. The van der Waals surface area contributed by atoms with E-state index < -0.39 is 17.5 Å². The first kappa shape index (κ1) is 15.3. The molecule has 0 aliphatic carbocycles. The van der Waals surface area contributed by atoms with Gasteiger partial charge in [0.25, 0.3) is 0 Å². The van der Waals surface area contributed by atoms with Crippen LogP contribution in [0.1, 0.15) is 12.5 Å². The minimum Gasteiger partial charge on any atom is -0.312 e. The van der Waals surface area contributed by atoms with Crippen molar-refractivity contribution in [2.24, 2.45) is 0 Å². The summed E-state index contributed by atoms with van der Waals surface area (Å²) in [7, 11) is 0. The van der Waals surface area contributed by atoms with Crippen LogP contribution < -0.4 is 5.32 Å².